The third-order valence-corrected chi connectivity index (χ3v) is 3.36. The zero-order valence-corrected chi connectivity index (χ0v) is 10.2. The molecule has 1 fully saturated rings. The highest BCUT2D eigenvalue weighted by Gasteiger charge is 2.16. The monoisotopic (exact) mass is 219 g/mol. The molecule has 0 radical (unpaired) electrons. The first kappa shape index (κ1) is 11.3. The molecule has 2 rings (SSSR count). The van der Waals surface area contributed by atoms with Gasteiger partial charge in [0, 0.05) is 17.4 Å². The second-order valence-corrected chi connectivity index (χ2v) is 4.79. The number of aryl methyl sites for hydroxylation is 1. The van der Waals surface area contributed by atoms with Crippen LogP contribution in [0.2, 0.25) is 0 Å². The van der Waals surface area contributed by atoms with Crippen LogP contribution >= 0.6 is 0 Å². The Morgan fingerprint density at radius 1 is 1.31 bits per heavy atom. The molecule has 0 aliphatic carbocycles. The average Bonchev–Trinajstić information content (AvgIpc) is 2.27. The highest BCUT2D eigenvalue weighted by Crippen LogP contribution is 2.20. The van der Waals surface area contributed by atoms with Crippen molar-refractivity contribution in [2.45, 2.75) is 25.8 Å². The van der Waals surface area contributed by atoms with Crippen molar-refractivity contribution < 1.29 is 0 Å². The molecule has 0 aromatic heterocycles. The Balaban J connectivity index is 1.96. The molecule has 16 heavy (non-hydrogen) atoms. The van der Waals surface area contributed by atoms with Gasteiger partial charge in [0.15, 0.2) is 0 Å². The minimum absolute atomic E-state index is 0.610. The number of anilines is 2. The minimum Gasteiger partial charge on any atom is -0.399 e. The second-order valence-electron chi connectivity index (χ2n) is 4.79. The second kappa shape index (κ2) is 4.74. The van der Waals surface area contributed by atoms with Crippen molar-refractivity contribution in [2.24, 2.45) is 0 Å². The Hall–Kier alpha value is -1.22. The number of nitrogens with zero attached hydrogens (tertiary/aromatic N) is 1. The smallest absolute Gasteiger partial charge is 0.0346 e. The fraction of sp³-hybridized carbons (Fsp3) is 0.538. The molecular weight excluding hydrogens is 198 g/mol. The van der Waals surface area contributed by atoms with Gasteiger partial charge in [-0.05, 0) is 63.7 Å². The van der Waals surface area contributed by atoms with Crippen LogP contribution in [0.15, 0.2) is 18.2 Å². The van der Waals surface area contributed by atoms with E-state index in [0.29, 0.717) is 6.04 Å². The van der Waals surface area contributed by atoms with Crippen LogP contribution in [0, 0.1) is 6.92 Å². The molecule has 3 nitrogen and oxygen atoms in total. The molecule has 3 heteroatoms. The van der Waals surface area contributed by atoms with E-state index in [1.165, 1.54) is 31.6 Å². The largest absolute Gasteiger partial charge is 0.399 e. The number of rotatable bonds is 2. The van der Waals surface area contributed by atoms with Gasteiger partial charge in [0.2, 0.25) is 0 Å². The van der Waals surface area contributed by atoms with E-state index in [1.807, 2.05) is 6.07 Å². The van der Waals surface area contributed by atoms with Gasteiger partial charge in [-0.15, -0.1) is 0 Å². The van der Waals surface area contributed by atoms with Gasteiger partial charge in [-0.1, -0.05) is 0 Å². The van der Waals surface area contributed by atoms with E-state index >= 15 is 0 Å². The van der Waals surface area contributed by atoms with Crippen molar-refractivity contribution >= 4 is 11.4 Å². The number of benzene rings is 1. The lowest BCUT2D eigenvalue weighted by Gasteiger charge is -2.30. The molecule has 0 unspecified atom stereocenters. The summed E-state index contributed by atoms with van der Waals surface area (Å²) in [7, 11) is 2.18. The van der Waals surface area contributed by atoms with Gasteiger partial charge in [0.05, 0.1) is 0 Å². The highest BCUT2D eigenvalue weighted by atomic mass is 15.1. The topological polar surface area (TPSA) is 41.3 Å². The Bertz CT molecular complexity index is 354. The number of nitrogen functional groups attached to an aromatic ring is 1. The van der Waals surface area contributed by atoms with E-state index in [4.69, 9.17) is 5.73 Å². The summed E-state index contributed by atoms with van der Waals surface area (Å²) in [5.74, 6) is 0. The van der Waals surface area contributed by atoms with Crippen molar-refractivity contribution in [3.63, 3.8) is 0 Å². The van der Waals surface area contributed by atoms with Gasteiger partial charge < -0.3 is 16.0 Å². The summed E-state index contributed by atoms with van der Waals surface area (Å²) < 4.78 is 0. The molecule has 88 valence electrons. The quantitative estimate of drug-likeness (QED) is 0.748. The summed E-state index contributed by atoms with van der Waals surface area (Å²) in [5, 5.41) is 3.59. The van der Waals surface area contributed by atoms with Gasteiger partial charge in [0.25, 0.3) is 0 Å². The number of piperidine rings is 1. The van der Waals surface area contributed by atoms with Crippen LogP contribution in [0.1, 0.15) is 18.4 Å². The molecule has 1 aliphatic rings. The Labute approximate surface area is 97.6 Å². The first-order valence-corrected chi connectivity index (χ1v) is 5.96. The standard InChI is InChI=1S/C13H21N3/c1-10-9-12(3-4-13(10)14)15-11-5-7-16(2)8-6-11/h3-4,9,11,15H,5-8,14H2,1-2H3. The first-order valence-electron chi connectivity index (χ1n) is 5.96. The van der Waals surface area contributed by atoms with Gasteiger partial charge in [-0.2, -0.15) is 0 Å². The number of likely N-dealkylation sites (tertiary alicyclic amines) is 1. The van der Waals surface area contributed by atoms with Gasteiger partial charge in [-0.3, -0.25) is 0 Å². The summed E-state index contributed by atoms with van der Waals surface area (Å²) >= 11 is 0. The van der Waals surface area contributed by atoms with Crippen molar-refractivity contribution in [1.82, 2.24) is 4.90 Å². The maximum absolute atomic E-state index is 5.81. The van der Waals surface area contributed by atoms with Crippen molar-refractivity contribution in [2.75, 3.05) is 31.2 Å². The number of hydrogen-bond donors (Lipinski definition) is 2. The minimum atomic E-state index is 0.610. The van der Waals surface area contributed by atoms with E-state index in [2.05, 4.69) is 36.3 Å². The van der Waals surface area contributed by atoms with Crippen LogP contribution in [-0.2, 0) is 0 Å². The summed E-state index contributed by atoms with van der Waals surface area (Å²) in [4.78, 5) is 2.38. The van der Waals surface area contributed by atoms with Gasteiger partial charge in [-0.25, -0.2) is 0 Å². The fourth-order valence-corrected chi connectivity index (χ4v) is 2.15. The summed E-state index contributed by atoms with van der Waals surface area (Å²) in [6, 6.07) is 6.79. The molecule has 1 heterocycles. The molecule has 0 spiro atoms. The summed E-state index contributed by atoms with van der Waals surface area (Å²) in [6.07, 6.45) is 2.44. The molecule has 1 saturated heterocycles. The van der Waals surface area contributed by atoms with Gasteiger partial charge in [0.1, 0.15) is 0 Å². The molecule has 1 aliphatic heterocycles. The van der Waals surface area contributed by atoms with E-state index in [1.54, 1.807) is 0 Å². The van der Waals surface area contributed by atoms with Crippen molar-refractivity contribution in [3.05, 3.63) is 23.8 Å². The van der Waals surface area contributed by atoms with E-state index in [0.717, 1.165) is 11.3 Å². The zero-order valence-electron chi connectivity index (χ0n) is 10.2. The molecule has 0 atom stereocenters. The van der Waals surface area contributed by atoms with Crippen LogP contribution in [0.3, 0.4) is 0 Å². The van der Waals surface area contributed by atoms with E-state index in [9.17, 15) is 0 Å². The Morgan fingerprint density at radius 2 is 2.00 bits per heavy atom. The average molecular weight is 219 g/mol. The molecule has 1 aromatic carbocycles. The van der Waals surface area contributed by atoms with Crippen LogP contribution < -0.4 is 11.1 Å². The number of nitrogens with two attached hydrogens (primary N) is 1. The lowest BCUT2D eigenvalue weighted by molar-refractivity contribution is 0.264. The van der Waals surface area contributed by atoms with Crippen LogP contribution in [0.5, 0.6) is 0 Å². The Morgan fingerprint density at radius 3 is 2.62 bits per heavy atom. The molecule has 1 aromatic rings. The molecule has 0 saturated carbocycles. The first-order chi connectivity index (χ1) is 7.65. The maximum Gasteiger partial charge on any atom is 0.0346 e. The molecular formula is C13H21N3. The fourth-order valence-electron chi connectivity index (χ4n) is 2.15. The Kier molecular flexibility index (Phi) is 3.34. The number of nitrogens with one attached hydrogen (secondary N) is 1. The number of hydrogen-bond acceptors (Lipinski definition) is 3. The van der Waals surface area contributed by atoms with Gasteiger partial charge >= 0.3 is 0 Å². The SMILES string of the molecule is Cc1cc(NC2CCN(C)CC2)ccc1N. The molecule has 0 bridgehead atoms. The lowest BCUT2D eigenvalue weighted by atomic mass is 10.0. The lowest BCUT2D eigenvalue weighted by Crippen LogP contribution is -2.36. The summed E-state index contributed by atoms with van der Waals surface area (Å²) in [6.45, 7) is 4.42. The third-order valence-electron chi connectivity index (χ3n) is 3.36. The summed E-state index contributed by atoms with van der Waals surface area (Å²) in [5.41, 5.74) is 9.02. The van der Waals surface area contributed by atoms with E-state index < -0.39 is 0 Å². The third kappa shape index (κ3) is 2.67. The van der Waals surface area contributed by atoms with E-state index in [-0.39, 0.29) is 0 Å². The molecule has 0 amide bonds. The normalized spacial score (nSPS) is 18.6. The van der Waals surface area contributed by atoms with Crippen molar-refractivity contribution in [1.29, 1.82) is 0 Å². The van der Waals surface area contributed by atoms with Crippen LogP contribution in [0.25, 0.3) is 0 Å². The van der Waals surface area contributed by atoms with Crippen LogP contribution in [-0.4, -0.2) is 31.1 Å². The maximum atomic E-state index is 5.81. The van der Waals surface area contributed by atoms with Crippen LogP contribution in [0.4, 0.5) is 11.4 Å². The van der Waals surface area contributed by atoms with Crippen molar-refractivity contribution in [3.8, 4) is 0 Å². The zero-order chi connectivity index (χ0) is 11.5. The predicted molar refractivity (Wildman–Crippen MR) is 69.7 cm³/mol. The molecule has 3 N–H and O–H groups in total. The highest BCUT2D eigenvalue weighted by molar-refractivity contribution is 5.57. The predicted octanol–water partition coefficient (Wildman–Crippen LogP) is 2.08.